The molecule has 0 N–H and O–H groups in total. The van der Waals surface area contributed by atoms with Crippen LogP contribution in [0.4, 0.5) is 0 Å². The lowest BCUT2D eigenvalue weighted by Gasteiger charge is -2.31. The molecule has 3 aromatic rings. The average Bonchev–Trinajstić information content (AvgIpc) is 3.66. The summed E-state index contributed by atoms with van der Waals surface area (Å²) < 4.78 is 6.22. The van der Waals surface area contributed by atoms with Crippen LogP contribution >= 0.6 is 39.1 Å². The summed E-state index contributed by atoms with van der Waals surface area (Å²) in [6.07, 6.45) is 2.57. The number of halogens is 3. The summed E-state index contributed by atoms with van der Waals surface area (Å²) in [6.45, 7) is -0.581. The van der Waals surface area contributed by atoms with Crippen LogP contribution in [0.5, 0.6) is 5.75 Å². The van der Waals surface area contributed by atoms with Crippen LogP contribution in [0.2, 0.25) is 10.0 Å². The van der Waals surface area contributed by atoms with Gasteiger partial charge in [0.25, 0.3) is 17.7 Å². The molecule has 1 saturated heterocycles. The first-order chi connectivity index (χ1) is 20.1. The lowest BCUT2D eigenvalue weighted by atomic mass is 9.81. The molecule has 0 unspecified atom stereocenters. The van der Waals surface area contributed by atoms with Crippen molar-refractivity contribution in [2.75, 3.05) is 6.54 Å². The highest BCUT2D eigenvalue weighted by molar-refractivity contribution is 9.10. The first-order valence-electron chi connectivity index (χ1n) is 13.4. The Morgan fingerprint density at radius 2 is 1.45 bits per heavy atom. The molecule has 3 aromatic carbocycles. The number of benzene rings is 3. The molecule has 0 spiro atoms. The number of hydrazine groups is 1. The molecule has 42 heavy (non-hydrogen) atoms. The molecule has 11 heteroatoms. The second-order valence-corrected chi connectivity index (χ2v) is 12.5. The Bertz CT molecular complexity index is 1600. The van der Waals surface area contributed by atoms with Gasteiger partial charge in [-0.05, 0) is 97.8 Å². The minimum Gasteiger partial charge on any atom is -0.423 e. The number of carbonyl (C=O) groups is 5. The molecule has 3 amide bonds. The number of esters is 1. The van der Waals surface area contributed by atoms with Gasteiger partial charge in [-0.2, -0.15) is 5.01 Å². The maximum atomic E-state index is 13.8. The van der Waals surface area contributed by atoms with Crippen LogP contribution in [0.15, 0.2) is 71.2 Å². The van der Waals surface area contributed by atoms with Crippen molar-refractivity contribution in [3.05, 3.63) is 97.9 Å². The normalized spacial score (nSPS) is 22.3. The molecule has 1 heterocycles. The van der Waals surface area contributed by atoms with Gasteiger partial charge in [-0.15, -0.1) is 0 Å². The Labute approximate surface area is 259 Å². The van der Waals surface area contributed by atoms with Crippen molar-refractivity contribution in [2.24, 2.45) is 23.7 Å². The van der Waals surface area contributed by atoms with Gasteiger partial charge in [0.15, 0.2) is 5.78 Å². The number of rotatable bonds is 7. The second-order valence-electron chi connectivity index (χ2n) is 10.7. The van der Waals surface area contributed by atoms with Crippen molar-refractivity contribution < 1.29 is 28.7 Å². The van der Waals surface area contributed by atoms with Gasteiger partial charge in [-0.3, -0.25) is 19.2 Å². The molecule has 3 aliphatic rings. The topological polar surface area (TPSA) is 101 Å². The van der Waals surface area contributed by atoms with E-state index < -0.39 is 47.9 Å². The smallest absolute Gasteiger partial charge is 0.343 e. The average molecular weight is 670 g/mol. The number of hydrogen-bond acceptors (Lipinski definition) is 6. The zero-order valence-electron chi connectivity index (χ0n) is 22.0. The van der Waals surface area contributed by atoms with Gasteiger partial charge >= 0.3 is 5.97 Å². The number of ketones is 1. The summed E-state index contributed by atoms with van der Waals surface area (Å²) in [4.78, 5) is 66.9. The Hall–Kier alpha value is -3.53. The zero-order valence-corrected chi connectivity index (χ0v) is 25.1. The van der Waals surface area contributed by atoms with E-state index in [1.807, 2.05) is 0 Å². The fourth-order valence-corrected chi connectivity index (χ4v) is 7.11. The standard InChI is InChI=1S/C31H23BrCl2N2O6/c32-20-7-3-17(4-8-20)31(41)42-22-10-5-16(6-11-22)25(37)15-35(28(38)23-12-9-21(33)14-24(23)34)36-29(39)26-18-1-2-19(13-18)27(26)30(36)40/h3-12,14,18-19,26-27H,1-2,13,15H2/t18-,19-,26+,27+/m0/s1. The van der Waals surface area contributed by atoms with Gasteiger partial charge in [-0.25, -0.2) is 9.80 Å². The fourth-order valence-electron chi connectivity index (χ4n) is 6.35. The minimum absolute atomic E-state index is 0.00435. The molecule has 0 aromatic heterocycles. The largest absolute Gasteiger partial charge is 0.423 e. The summed E-state index contributed by atoms with van der Waals surface area (Å²) in [5.41, 5.74) is 0.550. The first-order valence-corrected chi connectivity index (χ1v) is 14.9. The lowest BCUT2D eigenvalue weighted by Crippen LogP contribution is -2.52. The molecule has 4 atom stereocenters. The van der Waals surface area contributed by atoms with E-state index in [9.17, 15) is 24.0 Å². The SMILES string of the molecule is O=C(CN(C(=O)c1ccc(Cl)cc1Cl)N1C(=O)[C@@H]2[C@H]3CC[C@@H](C3)[C@H]2C1=O)c1ccc(OC(=O)c2ccc(Br)cc2)cc1. The van der Waals surface area contributed by atoms with Crippen molar-refractivity contribution in [1.82, 2.24) is 10.0 Å². The molecule has 2 bridgehead atoms. The van der Waals surface area contributed by atoms with Gasteiger partial charge in [0.1, 0.15) is 12.3 Å². The van der Waals surface area contributed by atoms with Crippen LogP contribution in [-0.2, 0) is 9.59 Å². The van der Waals surface area contributed by atoms with Crippen molar-refractivity contribution in [1.29, 1.82) is 0 Å². The van der Waals surface area contributed by atoms with Gasteiger partial charge < -0.3 is 4.74 Å². The van der Waals surface area contributed by atoms with E-state index in [1.54, 1.807) is 24.3 Å². The lowest BCUT2D eigenvalue weighted by molar-refractivity contribution is -0.155. The molecular weight excluding hydrogens is 647 g/mol. The van der Waals surface area contributed by atoms with Crippen molar-refractivity contribution in [3.8, 4) is 5.75 Å². The highest BCUT2D eigenvalue weighted by atomic mass is 79.9. The van der Waals surface area contributed by atoms with Crippen LogP contribution in [0, 0.1) is 23.7 Å². The van der Waals surface area contributed by atoms with Gasteiger partial charge in [0.2, 0.25) is 0 Å². The number of amides is 3. The highest BCUT2D eigenvalue weighted by Gasteiger charge is 2.62. The third kappa shape index (κ3) is 5.14. The third-order valence-corrected chi connectivity index (χ3v) is 9.38. The van der Waals surface area contributed by atoms with E-state index in [1.165, 1.54) is 42.5 Å². The molecule has 8 nitrogen and oxygen atoms in total. The monoisotopic (exact) mass is 668 g/mol. The summed E-state index contributed by atoms with van der Waals surface area (Å²) >= 11 is 15.6. The van der Waals surface area contributed by atoms with Gasteiger partial charge in [0, 0.05) is 15.1 Å². The fraction of sp³-hybridized carbons (Fsp3) is 0.258. The number of fused-ring (bicyclic) bond motifs is 5. The number of hydrogen-bond donors (Lipinski definition) is 0. The molecule has 3 fully saturated rings. The van der Waals surface area contributed by atoms with E-state index >= 15 is 0 Å². The Balaban J connectivity index is 1.25. The van der Waals surface area contributed by atoms with E-state index in [0.717, 1.165) is 33.8 Å². The Morgan fingerprint density at radius 3 is 2.05 bits per heavy atom. The number of carbonyl (C=O) groups excluding carboxylic acids is 5. The maximum Gasteiger partial charge on any atom is 0.343 e. The molecule has 214 valence electrons. The van der Waals surface area contributed by atoms with Gasteiger partial charge in [-0.1, -0.05) is 39.1 Å². The number of ether oxygens (including phenoxy) is 1. The quantitative estimate of drug-likeness (QED) is 0.128. The third-order valence-electron chi connectivity index (χ3n) is 8.30. The van der Waals surface area contributed by atoms with E-state index in [4.69, 9.17) is 27.9 Å². The Morgan fingerprint density at radius 1 is 0.857 bits per heavy atom. The predicted molar refractivity (Wildman–Crippen MR) is 157 cm³/mol. The Kier molecular flexibility index (Phi) is 7.68. The van der Waals surface area contributed by atoms with E-state index in [-0.39, 0.29) is 33.7 Å². The molecule has 0 radical (unpaired) electrons. The van der Waals surface area contributed by atoms with Crippen LogP contribution < -0.4 is 4.74 Å². The molecule has 2 saturated carbocycles. The highest BCUT2D eigenvalue weighted by Crippen LogP contribution is 2.56. The van der Waals surface area contributed by atoms with Crippen molar-refractivity contribution >= 4 is 68.6 Å². The molecular formula is C31H23BrCl2N2O6. The van der Waals surface area contributed by atoms with Gasteiger partial charge in [0.05, 0.1) is 28.0 Å². The summed E-state index contributed by atoms with van der Waals surface area (Å²) in [6, 6.07) is 16.7. The van der Waals surface area contributed by atoms with Crippen molar-refractivity contribution in [2.45, 2.75) is 19.3 Å². The van der Waals surface area contributed by atoms with E-state index in [0.29, 0.717) is 10.6 Å². The first kappa shape index (κ1) is 28.6. The second kappa shape index (κ2) is 11.3. The minimum atomic E-state index is -0.765. The summed E-state index contributed by atoms with van der Waals surface area (Å²) in [5, 5.41) is 2.10. The predicted octanol–water partition coefficient (Wildman–Crippen LogP) is 6.25. The number of imide groups is 1. The van der Waals surface area contributed by atoms with Crippen LogP contribution in [0.3, 0.4) is 0 Å². The molecule has 6 rings (SSSR count). The van der Waals surface area contributed by atoms with E-state index in [2.05, 4.69) is 15.9 Å². The van der Waals surface area contributed by atoms with Crippen LogP contribution in [-0.4, -0.2) is 46.0 Å². The number of nitrogens with zero attached hydrogens (tertiary/aromatic N) is 2. The van der Waals surface area contributed by atoms with Crippen LogP contribution in [0.1, 0.15) is 50.3 Å². The van der Waals surface area contributed by atoms with Crippen molar-refractivity contribution in [3.63, 3.8) is 0 Å². The summed E-state index contributed by atoms with van der Waals surface area (Å²) in [5.74, 6) is -3.33. The maximum absolute atomic E-state index is 13.8. The summed E-state index contributed by atoms with van der Waals surface area (Å²) in [7, 11) is 0. The number of Topliss-reactive ketones (excluding diaryl/α,β-unsaturated/α-hetero) is 1. The molecule has 2 aliphatic carbocycles. The van der Waals surface area contributed by atoms with Crippen LogP contribution in [0.25, 0.3) is 0 Å². The molecule has 1 aliphatic heterocycles. The zero-order chi connectivity index (χ0) is 29.7.